The van der Waals surface area contributed by atoms with Crippen molar-refractivity contribution in [2.24, 2.45) is 16.8 Å². The van der Waals surface area contributed by atoms with Crippen LogP contribution in [0.3, 0.4) is 0 Å². The average molecular weight is 353 g/mol. The third-order valence-corrected chi connectivity index (χ3v) is 8.84. The average Bonchev–Trinajstić information content (AvgIpc) is 3.18. The maximum atomic E-state index is 12.0. The third kappa shape index (κ3) is 2.68. The number of thioether (sulfide) groups is 1. The van der Waals surface area contributed by atoms with Gasteiger partial charge in [0.2, 0.25) is 0 Å². The molecular weight excluding hydrogens is 334 g/mol. The maximum Gasteiger partial charge on any atom is 0.262 e. The van der Waals surface area contributed by atoms with Gasteiger partial charge in [0.25, 0.3) is 5.91 Å². The number of nitrogens with zero attached hydrogens (tertiary/aromatic N) is 3. The Morgan fingerprint density at radius 3 is 2.78 bits per heavy atom. The third-order valence-electron chi connectivity index (χ3n) is 5.62. The van der Waals surface area contributed by atoms with Gasteiger partial charge in [0.05, 0.1) is 23.6 Å². The fraction of sp³-hybridized carbons (Fsp3) is 0.800. The second kappa shape index (κ2) is 5.49. The van der Waals surface area contributed by atoms with Crippen molar-refractivity contribution in [2.75, 3.05) is 11.5 Å². The minimum absolute atomic E-state index is 0.0206. The summed E-state index contributed by atoms with van der Waals surface area (Å²) in [6.07, 6.45) is 4.55. The Kier molecular flexibility index (Phi) is 3.69. The Bertz CT molecular complexity index is 712. The molecule has 4 fully saturated rings. The van der Waals surface area contributed by atoms with Crippen LogP contribution >= 0.6 is 11.8 Å². The number of amides is 1. The predicted molar refractivity (Wildman–Crippen MR) is 87.6 cm³/mol. The molecule has 1 amide bonds. The van der Waals surface area contributed by atoms with E-state index >= 15 is 0 Å². The number of nitriles is 1. The molecule has 6 nitrogen and oxygen atoms in total. The number of carbonyl (C=O) groups is 1. The van der Waals surface area contributed by atoms with Crippen LogP contribution in [0.15, 0.2) is 4.99 Å². The van der Waals surface area contributed by atoms with Crippen molar-refractivity contribution in [3.63, 3.8) is 0 Å². The first-order chi connectivity index (χ1) is 11.0. The van der Waals surface area contributed by atoms with Crippen LogP contribution in [0.4, 0.5) is 0 Å². The summed E-state index contributed by atoms with van der Waals surface area (Å²) in [6, 6.07) is 2.10. The highest BCUT2D eigenvalue weighted by Gasteiger charge is 2.54. The van der Waals surface area contributed by atoms with Gasteiger partial charge in [0.15, 0.2) is 15.0 Å². The molecule has 0 aromatic rings. The number of hydrogen-bond donors (Lipinski definition) is 0. The SMILES string of the molecule is N#CCC(=O)N=C1S[C@H]2CS(=O)(=O)C[C@H]2N1[C@H]1C[C@H]2CC[C@@H]1C2. The molecule has 2 aliphatic carbocycles. The zero-order valence-corrected chi connectivity index (χ0v) is 14.4. The van der Waals surface area contributed by atoms with Gasteiger partial charge >= 0.3 is 0 Å². The van der Waals surface area contributed by atoms with Gasteiger partial charge in [-0.1, -0.05) is 18.2 Å². The summed E-state index contributed by atoms with van der Waals surface area (Å²) >= 11 is 1.43. The van der Waals surface area contributed by atoms with E-state index in [1.165, 1.54) is 31.0 Å². The highest BCUT2D eigenvalue weighted by Crippen LogP contribution is 2.51. The van der Waals surface area contributed by atoms with E-state index in [2.05, 4.69) is 9.89 Å². The van der Waals surface area contributed by atoms with E-state index < -0.39 is 15.7 Å². The van der Waals surface area contributed by atoms with E-state index in [0.717, 1.165) is 12.3 Å². The van der Waals surface area contributed by atoms with Gasteiger partial charge < -0.3 is 4.90 Å². The number of amidine groups is 1. The number of sulfone groups is 1. The summed E-state index contributed by atoms with van der Waals surface area (Å²) in [5.41, 5.74) is 0. The summed E-state index contributed by atoms with van der Waals surface area (Å²) in [7, 11) is -3.00. The Hall–Kier alpha value is -1.07. The predicted octanol–water partition coefficient (Wildman–Crippen LogP) is 1.19. The van der Waals surface area contributed by atoms with E-state index in [1.807, 2.05) is 6.07 Å². The maximum absolute atomic E-state index is 12.0. The Morgan fingerprint density at radius 1 is 1.30 bits per heavy atom. The van der Waals surface area contributed by atoms with Crippen LogP contribution in [0.25, 0.3) is 0 Å². The van der Waals surface area contributed by atoms with Gasteiger partial charge in [-0.15, -0.1) is 0 Å². The lowest BCUT2D eigenvalue weighted by atomic mass is 9.93. The molecule has 0 N–H and O–H groups in total. The van der Waals surface area contributed by atoms with E-state index in [0.29, 0.717) is 17.1 Å². The van der Waals surface area contributed by atoms with Crippen molar-refractivity contribution in [1.29, 1.82) is 5.26 Å². The highest BCUT2D eigenvalue weighted by atomic mass is 32.2. The molecular formula is C15H19N3O3S2. The quantitative estimate of drug-likeness (QED) is 0.740. The lowest BCUT2D eigenvalue weighted by molar-refractivity contribution is -0.116. The van der Waals surface area contributed by atoms with E-state index in [1.54, 1.807) is 0 Å². The van der Waals surface area contributed by atoms with Crippen molar-refractivity contribution < 1.29 is 13.2 Å². The lowest BCUT2D eigenvalue weighted by Crippen LogP contribution is -2.47. The Balaban J connectivity index is 1.64. The van der Waals surface area contributed by atoms with Gasteiger partial charge in [0.1, 0.15) is 6.42 Å². The Morgan fingerprint density at radius 2 is 2.13 bits per heavy atom. The van der Waals surface area contributed by atoms with Crippen LogP contribution in [0, 0.1) is 23.2 Å². The number of fused-ring (bicyclic) bond motifs is 3. The molecule has 2 aliphatic heterocycles. The van der Waals surface area contributed by atoms with Crippen LogP contribution in [0.1, 0.15) is 32.1 Å². The fourth-order valence-electron chi connectivity index (χ4n) is 4.74. The van der Waals surface area contributed by atoms with E-state index in [4.69, 9.17) is 5.26 Å². The molecule has 4 rings (SSSR count). The van der Waals surface area contributed by atoms with Crippen LogP contribution in [-0.2, 0) is 14.6 Å². The first-order valence-electron chi connectivity index (χ1n) is 8.11. The molecule has 4 aliphatic rings. The summed E-state index contributed by atoms with van der Waals surface area (Å²) in [5.74, 6) is 1.25. The summed E-state index contributed by atoms with van der Waals surface area (Å²) in [4.78, 5) is 18.1. The van der Waals surface area contributed by atoms with Crippen molar-refractivity contribution in [1.82, 2.24) is 4.90 Å². The molecule has 2 heterocycles. The van der Waals surface area contributed by atoms with Gasteiger partial charge in [-0.2, -0.15) is 10.3 Å². The summed E-state index contributed by atoms with van der Waals surface area (Å²) in [6.45, 7) is 0. The van der Waals surface area contributed by atoms with E-state index in [-0.39, 0.29) is 29.2 Å². The molecule has 0 aromatic carbocycles. The number of rotatable bonds is 2. The summed E-state index contributed by atoms with van der Waals surface area (Å²) < 4.78 is 24.0. The Labute approximate surface area is 140 Å². The zero-order valence-electron chi connectivity index (χ0n) is 12.7. The molecule has 8 heteroatoms. The van der Waals surface area contributed by atoms with Crippen molar-refractivity contribution in [3.8, 4) is 6.07 Å². The molecule has 0 radical (unpaired) electrons. The van der Waals surface area contributed by atoms with Crippen LogP contribution < -0.4 is 0 Å². The molecule has 5 atom stereocenters. The molecule has 2 saturated heterocycles. The molecule has 23 heavy (non-hydrogen) atoms. The largest absolute Gasteiger partial charge is 0.343 e. The molecule has 2 bridgehead atoms. The highest BCUT2D eigenvalue weighted by molar-refractivity contribution is 8.15. The second-order valence-electron chi connectivity index (χ2n) is 7.07. The summed E-state index contributed by atoms with van der Waals surface area (Å²) in [5, 5.41) is 9.30. The van der Waals surface area contributed by atoms with Gasteiger partial charge in [-0.05, 0) is 31.1 Å². The molecule has 2 saturated carbocycles. The molecule has 0 aromatic heterocycles. The number of hydrogen-bond acceptors (Lipinski definition) is 5. The lowest BCUT2D eigenvalue weighted by Gasteiger charge is -2.36. The van der Waals surface area contributed by atoms with E-state index in [9.17, 15) is 13.2 Å². The zero-order chi connectivity index (χ0) is 16.2. The molecule has 0 unspecified atom stereocenters. The number of aliphatic imine (C=N–C) groups is 1. The van der Waals surface area contributed by atoms with Crippen LogP contribution in [0.5, 0.6) is 0 Å². The molecule has 0 spiro atoms. The monoisotopic (exact) mass is 353 g/mol. The van der Waals surface area contributed by atoms with Crippen molar-refractivity contribution >= 4 is 32.7 Å². The van der Waals surface area contributed by atoms with Gasteiger partial charge in [-0.25, -0.2) is 8.42 Å². The normalized spacial score (nSPS) is 42.1. The molecule has 124 valence electrons. The fourth-order valence-corrected chi connectivity index (χ4v) is 8.73. The second-order valence-corrected chi connectivity index (χ2v) is 10.4. The minimum Gasteiger partial charge on any atom is -0.343 e. The smallest absolute Gasteiger partial charge is 0.262 e. The minimum atomic E-state index is -3.00. The standard InChI is InChI=1S/C15H19N3O3S2/c16-4-3-14(19)17-15-18(11-6-9-1-2-10(11)5-9)12-7-23(20,21)8-13(12)22-15/h9-13H,1-3,5-8H2/t9-,10+,11-,12+,13-/m0/s1. The number of carbonyl (C=O) groups excluding carboxylic acids is 1. The topological polar surface area (TPSA) is 90.6 Å². The van der Waals surface area contributed by atoms with Crippen LogP contribution in [0.2, 0.25) is 0 Å². The van der Waals surface area contributed by atoms with Crippen molar-refractivity contribution in [3.05, 3.63) is 0 Å². The first-order valence-corrected chi connectivity index (χ1v) is 10.8. The van der Waals surface area contributed by atoms with Gasteiger partial charge in [0, 0.05) is 11.3 Å². The van der Waals surface area contributed by atoms with Gasteiger partial charge in [-0.3, -0.25) is 4.79 Å². The van der Waals surface area contributed by atoms with Crippen molar-refractivity contribution in [2.45, 2.75) is 49.4 Å². The van der Waals surface area contributed by atoms with Crippen LogP contribution in [-0.4, -0.2) is 53.2 Å². The first kappa shape index (κ1) is 15.5.